The monoisotopic (exact) mass is 212 g/mol. The second kappa shape index (κ2) is 4.36. The van der Waals surface area contributed by atoms with Crippen molar-refractivity contribution >= 4 is 17.7 Å². The Labute approximate surface area is 88.9 Å². The summed E-state index contributed by atoms with van der Waals surface area (Å²) in [6.07, 6.45) is 5.29. The smallest absolute Gasteiger partial charge is 0.241 e. The molecule has 1 amide bonds. The normalized spacial score (nSPS) is 32.6. The minimum absolute atomic E-state index is 0.0106. The summed E-state index contributed by atoms with van der Waals surface area (Å²) in [5.41, 5.74) is 0. The number of nitrogens with one attached hydrogen (secondary N) is 1. The van der Waals surface area contributed by atoms with E-state index in [1.165, 1.54) is 0 Å². The molecule has 0 saturated carbocycles. The molecule has 0 aromatic heterocycles. The topological polar surface area (TPSA) is 32.3 Å². The third-order valence-electron chi connectivity index (χ3n) is 2.83. The standard InChI is InChI=1S/C10H16N2OS/c1-11-9-7-14-6-5-12(10(9)13)8-3-2-4-8/h2-3,8-9,11H,4-7H2,1H3. The van der Waals surface area contributed by atoms with Gasteiger partial charge in [0.1, 0.15) is 0 Å². The number of amides is 1. The Morgan fingerprint density at radius 2 is 2.43 bits per heavy atom. The van der Waals surface area contributed by atoms with Gasteiger partial charge in [-0.25, -0.2) is 0 Å². The minimum atomic E-state index is 0.0106. The van der Waals surface area contributed by atoms with E-state index in [1.807, 2.05) is 23.7 Å². The predicted octanol–water partition coefficient (Wildman–Crippen LogP) is 0.478. The number of carbonyl (C=O) groups excluding carboxylic acids is 1. The number of nitrogens with zero attached hydrogens (tertiary/aromatic N) is 1. The fraction of sp³-hybridized carbons (Fsp3) is 0.700. The molecule has 0 aromatic rings. The lowest BCUT2D eigenvalue weighted by Gasteiger charge is -2.33. The third kappa shape index (κ3) is 1.81. The van der Waals surface area contributed by atoms with Gasteiger partial charge in [-0.2, -0.15) is 11.8 Å². The molecule has 1 fully saturated rings. The highest BCUT2D eigenvalue weighted by molar-refractivity contribution is 7.99. The van der Waals surface area contributed by atoms with E-state index >= 15 is 0 Å². The molecule has 1 N–H and O–H groups in total. The quantitative estimate of drug-likeness (QED) is 0.676. The van der Waals surface area contributed by atoms with Gasteiger partial charge in [-0.15, -0.1) is 0 Å². The predicted molar refractivity (Wildman–Crippen MR) is 59.4 cm³/mol. The Morgan fingerprint density at radius 1 is 1.64 bits per heavy atom. The largest absolute Gasteiger partial charge is 0.334 e. The summed E-state index contributed by atoms with van der Waals surface area (Å²) in [6.45, 7) is 0.899. The molecular weight excluding hydrogens is 196 g/mol. The van der Waals surface area contributed by atoms with Crippen LogP contribution in [0.4, 0.5) is 0 Å². The number of hydrogen-bond donors (Lipinski definition) is 1. The van der Waals surface area contributed by atoms with Crippen LogP contribution in [0.15, 0.2) is 12.2 Å². The average molecular weight is 212 g/mol. The van der Waals surface area contributed by atoms with Crippen molar-refractivity contribution in [3.05, 3.63) is 12.2 Å². The molecule has 4 heteroatoms. The Hall–Kier alpha value is -0.480. The molecule has 1 aliphatic carbocycles. The second-order valence-electron chi connectivity index (χ2n) is 3.68. The van der Waals surface area contributed by atoms with Crippen molar-refractivity contribution in [1.82, 2.24) is 10.2 Å². The summed E-state index contributed by atoms with van der Waals surface area (Å²) in [6, 6.07) is 0.383. The van der Waals surface area contributed by atoms with Crippen LogP contribution in [0.1, 0.15) is 6.42 Å². The highest BCUT2D eigenvalue weighted by Gasteiger charge is 2.31. The molecule has 1 aliphatic heterocycles. The van der Waals surface area contributed by atoms with E-state index in [0.717, 1.165) is 24.5 Å². The van der Waals surface area contributed by atoms with Crippen molar-refractivity contribution in [2.24, 2.45) is 0 Å². The summed E-state index contributed by atoms with van der Waals surface area (Å²) >= 11 is 1.86. The minimum Gasteiger partial charge on any atom is -0.334 e. The van der Waals surface area contributed by atoms with E-state index in [2.05, 4.69) is 17.5 Å². The van der Waals surface area contributed by atoms with Crippen molar-refractivity contribution in [2.75, 3.05) is 25.1 Å². The van der Waals surface area contributed by atoms with Gasteiger partial charge < -0.3 is 10.2 Å². The van der Waals surface area contributed by atoms with E-state index in [-0.39, 0.29) is 11.9 Å². The van der Waals surface area contributed by atoms with E-state index in [0.29, 0.717) is 6.04 Å². The Bertz CT molecular complexity index is 255. The maximum absolute atomic E-state index is 12.0. The van der Waals surface area contributed by atoms with E-state index in [1.54, 1.807) is 0 Å². The zero-order valence-electron chi connectivity index (χ0n) is 8.40. The molecule has 3 nitrogen and oxygen atoms in total. The highest BCUT2D eigenvalue weighted by atomic mass is 32.2. The van der Waals surface area contributed by atoms with Crippen molar-refractivity contribution in [3.63, 3.8) is 0 Å². The summed E-state index contributed by atoms with van der Waals surface area (Å²) in [4.78, 5) is 14.0. The van der Waals surface area contributed by atoms with Crippen LogP contribution in [0.5, 0.6) is 0 Å². The van der Waals surface area contributed by atoms with Crippen LogP contribution in [0.3, 0.4) is 0 Å². The van der Waals surface area contributed by atoms with Gasteiger partial charge >= 0.3 is 0 Å². The van der Waals surface area contributed by atoms with E-state index < -0.39 is 0 Å². The summed E-state index contributed by atoms with van der Waals surface area (Å²) < 4.78 is 0. The van der Waals surface area contributed by atoms with Crippen LogP contribution in [0.2, 0.25) is 0 Å². The van der Waals surface area contributed by atoms with Crippen molar-refractivity contribution in [1.29, 1.82) is 0 Å². The van der Waals surface area contributed by atoms with Gasteiger partial charge in [0, 0.05) is 18.1 Å². The zero-order chi connectivity index (χ0) is 9.97. The molecule has 1 heterocycles. The number of rotatable bonds is 2. The van der Waals surface area contributed by atoms with Gasteiger partial charge in [0.05, 0.1) is 12.1 Å². The van der Waals surface area contributed by atoms with Crippen LogP contribution in [0.25, 0.3) is 0 Å². The lowest BCUT2D eigenvalue weighted by atomic mass is 10.0. The maximum atomic E-state index is 12.0. The van der Waals surface area contributed by atoms with Crippen LogP contribution in [-0.4, -0.2) is 48.0 Å². The molecule has 2 aliphatic rings. The van der Waals surface area contributed by atoms with Crippen LogP contribution in [0, 0.1) is 0 Å². The highest BCUT2D eigenvalue weighted by Crippen LogP contribution is 2.21. The first-order valence-corrected chi connectivity index (χ1v) is 6.20. The molecule has 2 atom stereocenters. The van der Waals surface area contributed by atoms with Gasteiger partial charge in [0.25, 0.3) is 0 Å². The molecular formula is C10H16N2OS. The molecule has 2 unspecified atom stereocenters. The summed E-state index contributed by atoms with van der Waals surface area (Å²) in [7, 11) is 1.86. The van der Waals surface area contributed by atoms with Crippen molar-refractivity contribution < 1.29 is 4.79 Å². The van der Waals surface area contributed by atoms with Crippen molar-refractivity contribution in [2.45, 2.75) is 18.5 Å². The molecule has 0 radical (unpaired) electrons. The van der Waals surface area contributed by atoms with Gasteiger partial charge in [0.15, 0.2) is 0 Å². The SMILES string of the molecule is CNC1CSCCN(C2C=CC2)C1=O. The van der Waals surface area contributed by atoms with Gasteiger partial charge in [0.2, 0.25) is 5.91 Å². The lowest BCUT2D eigenvalue weighted by Crippen LogP contribution is -2.50. The summed E-state index contributed by atoms with van der Waals surface area (Å²) in [5, 5.41) is 3.09. The molecule has 1 saturated heterocycles. The van der Waals surface area contributed by atoms with Gasteiger partial charge in [-0.1, -0.05) is 12.2 Å². The third-order valence-corrected chi connectivity index (χ3v) is 3.87. The second-order valence-corrected chi connectivity index (χ2v) is 4.83. The molecule has 0 bridgehead atoms. The number of thioether (sulfide) groups is 1. The number of hydrogen-bond acceptors (Lipinski definition) is 3. The fourth-order valence-corrected chi connectivity index (χ4v) is 2.81. The molecule has 0 aromatic carbocycles. The average Bonchev–Trinajstić information content (AvgIpc) is 2.27. The molecule has 0 spiro atoms. The first-order valence-electron chi connectivity index (χ1n) is 5.05. The van der Waals surface area contributed by atoms with E-state index in [9.17, 15) is 4.79 Å². The zero-order valence-corrected chi connectivity index (χ0v) is 9.22. The first kappa shape index (κ1) is 10.1. The fourth-order valence-electron chi connectivity index (χ4n) is 1.77. The first-order chi connectivity index (χ1) is 6.83. The van der Waals surface area contributed by atoms with Gasteiger partial charge in [-0.05, 0) is 13.5 Å². The summed E-state index contributed by atoms with van der Waals surface area (Å²) in [5.74, 6) is 2.24. The molecule has 78 valence electrons. The number of carbonyl (C=O) groups is 1. The van der Waals surface area contributed by atoms with Crippen molar-refractivity contribution in [3.8, 4) is 0 Å². The molecule has 14 heavy (non-hydrogen) atoms. The number of likely N-dealkylation sites (N-methyl/N-ethyl adjacent to an activating group) is 1. The Morgan fingerprint density at radius 3 is 3.00 bits per heavy atom. The van der Waals surface area contributed by atoms with Gasteiger partial charge in [-0.3, -0.25) is 4.79 Å². The van der Waals surface area contributed by atoms with Crippen LogP contribution >= 0.6 is 11.8 Å². The Balaban J connectivity index is 2.06. The lowest BCUT2D eigenvalue weighted by molar-refractivity contribution is -0.133. The van der Waals surface area contributed by atoms with Crippen LogP contribution < -0.4 is 5.32 Å². The maximum Gasteiger partial charge on any atom is 0.241 e. The Kier molecular flexibility index (Phi) is 3.13. The molecule has 2 rings (SSSR count). The van der Waals surface area contributed by atoms with E-state index in [4.69, 9.17) is 0 Å². The van der Waals surface area contributed by atoms with Crippen LogP contribution in [-0.2, 0) is 4.79 Å².